The number of carbonyl (C=O) groups is 1. The normalized spacial score (nSPS) is 24.3. The highest BCUT2D eigenvalue weighted by atomic mass is 16.1. The van der Waals surface area contributed by atoms with Crippen molar-refractivity contribution in [2.45, 2.75) is 38.0 Å². The highest BCUT2D eigenvalue weighted by Crippen LogP contribution is 2.26. The maximum absolute atomic E-state index is 11.7. The lowest BCUT2D eigenvalue weighted by Gasteiger charge is -2.08. The van der Waals surface area contributed by atoms with Crippen LogP contribution in [0.2, 0.25) is 0 Å². The minimum atomic E-state index is 0.0394. The number of nitrogens with one attached hydrogen (secondary N) is 1. The fraction of sp³-hybridized carbons (Fsp3) is 0.600. The molecule has 1 aromatic rings. The molecule has 0 saturated heterocycles. The van der Waals surface area contributed by atoms with Crippen LogP contribution < -0.4 is 0 Å². The van der Waals surface area contributed by atoms with Crippen LogP contribution in [0.3, 0.4) is 0 Å². The maximum Gasteiger partial charge on any atom is 0.143 e. The van der Waals surface area contributed by atoms with Crippen molar-refractivity contribution >= 4 is 5.78 Å². The van der Waals surface area contributed by atoms with E-state index in [1.807, 2.05) is 0 Å². The maximum atomic E-state index is 11.7. The van der Waals surface area contributed by atoms with E-state index in [-0.39, 0.29) is 5.92 Å². The summed E-state index contributed by atoms with van der Waals surface area (Å²) in [6.07, 6.45) is 8.58. The number of imidazole rings is 1. The van der Waals surface area contributed by atoms with Gasteiger partial charge in [0.15, 0.2) is 0 Å². The smallest absolute Gasteiger partial charge is 0.143 e. The van der Waals surface area contributed by atoms with E-state index in [4.69, 9.17) is 0 Å². The number of carbonyl (C=O) groups excluding carboxylic acids is 1. The van der Waals surface area contributed by atoms with Gasteiger partial charge in [-0.05, 0) is 12.8 Å². The predicted molar refractivity (Wildman–Crippen MR) is 49.4 cm³/mol. The fourth-order valence-corrected chi connectivity index (χ4v) is 1.92. The van der Waals surface area contributed by atoms with Gasteiger partial charge in [0.25, 0.3) is 0 Å². The number of H-pyrrole nitrogens is 1. The van der Waals surface area contributed by atoms with Gasteiger partial charge in [0.2, 0.25) is 0 Å². The molecule has 1 N–H and O–H groups in total. The summed E-state index contributed by atoms with van der Waals surface area (Å²) in [5.41, 5.74) is 0. The average molecular weight is 178 g/mol. The fourth-order valence-electron chi connectivity index (χ4n) is 1.92. The predicted octanol–water partition coefficient (Wildman–Crippen LogP) is 2.03. The van der Waals surface area contributed by atoms with E-state index in [9.17, 15) is 4.79 Å². The van der Waals surface area contributed by atoms with Crippen LogP contribution in [-0.2, 0) is 4.79 Å². The first kappa shape index (κ1) is 8.48. The SMILES string of the molecule is O=C1CCCCCC1c1ncc[nH]1. The molecule has 0 bridgehead atoms. The number of rotatable bonds is 1. The lowest BCUT2D eigenvalue weighted by atomic mass is 9.98. The monoisotopic (exact) mass is 178 g/mol. The molecule has 1 aliphatic rings. The summed E-state index contributed by atoms with van der Waals surface area (Å²) in [6.45, 7) is 0. The Labute approximate surface area is 77.6 Å². The number of aromatic nitrogens is 2. The number of nitrogens with zero attached hydrogens (tertiary/aromatic N) is 1. The zero-order valence-electron chi connectivity index (χ0n) is 7.62. The summed E-state index contributed by atoms with van der Waals surface area (Å²) < 4.78 is 0. The van der Waals surface area contributed by atoms with Crippen LogP contribution >= 0.6 is 0 Å². The summed E-state index contributed by atoms with van der Waals surface area (Å²) in [7, 11) is 0. The summed E-state index contributed by atoms with van der Waals surface area (Å²) in [4.78, 5) is 18.8. The van der Waals surface area contributed by atoms with Crippen molar-refractivity contribution in [1.82, 2.24) is 9.97 Å². The molecule has 1 atom stereocenters. The Bertz CT molecular complexity index is 279. The second-order valence-electron chi connectivity index (χ2n) is 3.59. The van der Waals surface area contributed by atoms with Crippen LogP contribution in [0.25, 0.3) is 0 Å². The van der Waals surface area contributed by atoms with E-state index in [0.29, 0.717) is 5.78 Å². The van der Waals surface area contributed by atoms with Crippen LogP contribution in [0.4, 0.5) is 0 Å². The third kappa shape index (κ3) is 1.79. The Morgan fingerprint density at radius 1 is 1.38 bits per heavy atom. The molecule has 0 aromatic carbocycles. The van der Waals surface area contributed by atoms with Gasteiger partial charge < -0.3 is 4.98 Å². The molecule has 1 unspecified atom stereocenters. The van der Waals surface area contributed by atoms with Crippen molar-refractivity contribution in [3.8, 4) is 0 Å². The van der Waals surface area contributed by atoms with Crippen molar-refractivity contribution in [2.24, 2.45) is 0 Å². The molecular formula is C10H14N2O. The van der Waals surface area contributed by atoms with Gasteiger partial charge in [-0.25, -0.2) is 4.98 Å². The van der Waals surface area contributed by atoms with Crippen molar-refractivity contribution in [2.75, 3.05) is 0 Å². The average Bonchev–Trinajstić information content (AvgIpc) is 2.56. The van der Waals surface area contributed by atoms with Crippen molar-refractivity contribution in [3.05, 3.63) is 18.2 Å². The van der Waals surface area contributed by atoms with E-state index in [0.717, 1.165) is 31.5 Å². The second-order valence-corrected chi connectivity index (χ2v) is 3.59. The highest BCUT2D eigenvalue weighted by Gasteiger charge is 2.23. The lowest BCUT2D eigenvalue weighted by Crippen LogP contribution is -2.11. The first-order chi connectivity index (χ1) is 6.38. The van der Waals surface area contributed by atoms with Gasteiger partial charge in [0, 0.05) is 18.8 Å². The van der Waals surface area contributed by atoms with Gasteiger partial charge in [-0.3, -0.25) is 4.79 Å². The van der Waals surface area contributed by atoms with Crippen LogP contribution in [0, 0.1) is 0 Å². The van der Waals surface area contributed by atoms with Crippen molar-refractivity contribution < 1.29 is 4.79 Å². The third-order valence-corrected chi connectivity index (χ3v) is 2.65. The molecule has 1 heterocycles. The van der Waals surface area contributed by atoms with Gasteiger partial charge in [-0.1, -0.05) is 12.8 Å². The first-order valence-electron chi connectivity index (χ1n) is 4.90. The molecule has 1 saturated carbocycles. The van der Waals surface area contributed by atoms with E-state index >= 15 is 0 Å². The summed E-state index contributed by atoms with van der Waals surface area (Å²) in [6, 6.07) is 0. The van der Waals surface area contributed by atoms with E-state index in [2.05, 4.69) is 9.97 Å². The highest BCUT2D eigenvalue weighted by molar-refractivity contribution is 5.85. The molecule has 0 amide bonds. The van der Waals surface area contributed by atoms with Gasteiger partial charge in [-0.15, -0.1) is 0 Å². The molecule has 2 rings (SSSR count). The molecule has 13 heavy (non-hydrogen) atoms. The first-order valence-corrected chi connectivity index (χ1v) is 4.90. The van der Waals surface area contributed by atoms with E-state index in [1.54, 1.807) is 12.4 Å². The number of ketones is 1. The summed E-state index contributed by atoms with van der Waals surface area (Å²) in [5.74, 6) is 1.25. The molecule has 0 radical (unpaired) electrons. The molecule has 3 nitrogen and oxygen atoms in total. The standard InChI is InChI=1S/C10H14N2O/c13-9-5-3-1-2-4-8(9)10-11-6-7-12-10/h6-8H,1-5H2,(H,11,12). The topological polar surface area (TPSA) is 45.8 Å². The third-order valence-electron chi connectivity index (χ3n) is 2.65. The zero-order chi connectivity index (χ0) is 9.10. The van der Waals surface area contributed by atoms with Crippen LogP contribution in [0.5, 0.6) is 0 Å². The quantitative estimate of drug-likeness (QED) is 0.669. The van der Waals surface area contributed by atoms with E-state index in [1.165, 1.54) is 6.42 Å². The van der Waals surface area contributed by atoms with Crippen LogP contribution in [-0.4, -0.2) is 15.8 Å². The molecule has 0 spiro atoms. The lowest BCUT2D eigenvalue weighted by molar-refractivity contribution is -0.120. The molecule has 70 valence electrons. The minimum Gasteiger partial charge on any atom is -0.348 e. The zero-order valence-corrected chi connectivity index (χ0v) is 7.62. The molecule has 1 fully saturated rings. The molecular weight excluding hydrogens is 164 g/mol. The van der Waals surface area contributed by atoms with Gasteiger partial charge in [0.05, 0.1) is 5.92 Å². The Morgan fingerprint density at radius 2 is 2.31 bits per heavy atom. The van der Waals surface area contributed by atoms with Gasteiger partial charge in [-0.2, -0.15) is 0 Å². The van der Waals surface area contributed by atoms with Crippen molar-refractivity contribution in [3.63, 3.8) is 0 Å². The largest absolute Gasteiger partial charge is 0.348 e. The Morgan fingerprint density at radius 3 is 3.08 bits per heavy atom. The van der Waals surface area contributed by atoms with Gasteiger partial charge >= 0.3 is 0 Å². The Kier molecular flexibility index (Phi) is 2.43. The number of hydrogen-bond donors (Lipinski definition) is 1. The molecule has 1 aromatic heterocycles. The number of Topliss-reactive ketones (excluding diaryl/α,β-unsaturated/α-hetero) is 1. The van der Waals surface area contributed by atoms with Crippen LogP contribution in [0.1, 0.15) is 43.8 Å². The van der Waals surface area contributed by atoms with E-state index < -0.39 is 0 Å². The Hall–Kier alpha value is -1.12. The van der Waals surface area contributed by atoms with Crippen molar-refractivity contribution in [1.29, 1.82) is 0 Å². The molecule has 1 aliphatic carbocycles. The van der Waals surface area contributed by atoms with Gasteiger partial charge in [0.1, 0.15) is 11.6 Å². The summed E-state index contributed by atoms with van der Waals surface area (Å²) in [5, 5.41) is 0. The number of hydrogen-bond acceptors (Lipinski definition) is 2. The molecule has 3 heteroatoms. The molecule has 0 aliphatic heterocycles. The minimum absolute atomic E-state index is 0.0394. The second kappa shape index (κ2) is 3.73. The van der Waals surface area contributed by atoms with Crippen LogP contribution in [0.15, 0.2) is 12.4 Å². The number of aromatic amines is 1. The Balaban J connectivity index is 2.16. The summed E-state index contributed by atoms with van der Waals surface area (Å²) >= 11 is 0.